The minimum absolute atomic E-state index is 0.220. The van der Waals surface area contributed by atoms with Crippen molar-refractivity contribution < 1.29 is 4.84 Å². The van der Waals surface area contributed by atoms with Crippen LogP contribution in [0, 0.1) is 0 Å². The lowest BCUT2D eigenvalue weighted by Gasteiger charge is -2.23. The predicted molar refractivity (Wildman–Crippen MR) is 60.1 cm³/mol. The number of hydroxylamine groups is 2. The molecule has 1 aliphatic heterocycles. The van der Waals surface area contributed by atoms with Gasteiger partial charge in [-0.2, -0.15) is 5.06 Å². The summed E-state index contributed by atoms with van der Waals surface area (Å²) in [6.07, 6.45) is 1.27. The van der Waals surface area contributed by atoms with Gasteiger partial charge in [0.1, 0.15) is 6.17 Å². The summed E-state index contributed by atoms with van der Waals surface area (Å²) in [5.74, 6) is 0. The molecule has 1 heterocycles. The van der Waals surface area contributed by atoms with Gasteiger partial charge in [0, 0.05) is 13.1 Å². The third-order valence-electron chi connectivity index (χ3n) is 2.53. The normalized spacial score (nSPS) is 22.1. The average molecular weight is 206 g/mol. The molecule has 3 nitrogen and oxygen atoms in total. The van der Waals surface area contributed by atoms with Gasteiger partial charge < -0.3 is 0 Å². The van der Waals surface area contributed by atoms with Crippen LogP contribution >= 0.6 is 0 Å². The van der Waals surface area contributed by atoms with Crippen LogP contribution < -0.4 is 5.32 Å². The zero-order chi connectivity index (χ0) is 10.5. The number of hydrogen-bond acceptors (Lipinski definition) is 3. The third-order valence-corrected chi connectivity index (χ3v) is 2.53. The van der Waals surface area contributed by atoms with E-state index < -0.39 is 0 Å². The van der Waals surface area contributed by atoms with Crippen molar-refractivity contribution in [2.75, 3.05) is 19.7 Å². The lowest BCUT2D eigenvalue weighted by molar-refractivity contribution is -0.172. The Bertz CT molecular complexity index is 289. The van der Waals surface area contributed by atoms with Crippen molar-refractivity contribution >= 4 is 0 Å². The van der Waals surface area contributed by atoms with Crippen LogP contribution in [0.1, 0.15) is 25.1 Å². The molecule has 0 saturated carbocycles. The molecule has 1 atom stereocenters. The van der Waals surface area contributed by atoms with Crippen LogP contribution in [0.15, 0.2) is 30.3 Å². The minimum atomic E-state index is 0.220. The molecule has 3 heteroatoms. The fraction of sp³-hybridized carbons (Fsp3) is 0.500. The molecular weight excluding hydrogens is 188 g/mol. The summed E-state index contributed by atoms with van der Waals surface area (Å²) in [5.41, 5.74) is 1.27. The van der Waals surface area contributed by atoms with Gasteiger partial charge in [-0.1, -0.05) is 37.3 Å². The topological polar surface area (TPSA) is 24.5 Å². The average Bonchev–Trinajstić information content (AvgIpc) is 2.75. The lowest BCUT2D eigenvalue weighted by Crippen LogP contribution is -2.28. The van der Waals surface area contributed by atoms with Crippen molar-refractivity contribution in [1.29, 1.82) is 0 Å². The monoisotopic (exact) mass is 206 g/mol. The number of hydrogen-bond donors (Lipinski definition) is 1. The van der Waals surface area contributed by atoms with E-state index in [1.807, 2.05) is 11.1 Å². The molecule has 0 radical (unpaired) electrons. The Hall–Kier alpha value is -0.900. The molecule has 1 fully saturated rings. The molecule has 0 aromatic heterocycles. The van der Waals surface area contributed by atoms with E-state index in [-0.39, 0.29) is 6.17 Å². The second-order valence-corrected chi connectivity index (χ2v) is 3.74. The first kappa shape index (κ1) is 10.6. The maximum absolute atomic E-state index is 5.69. The minimum Gasteiger partial charge on any atom is -0.297 e. The van der Waals surface area contributed by atoms with Crippen LogP contribution in [0.5, 0.6) is 0 Å². The first-order valence-corrected chi connectivity index (χ1v) is 5.59. The van der Waals surface area contributed by atoms with Crippen molar-refractivity contribution in [3.05, 3.63) is 35.9 Å². The molecule has 82 valence electrons. The Morgan fingerprint density at radius 1 is 1.40 bits per heavy atom. The van der Waals surface area contributed by atoms with Crippen LogP contribution in [0.25, 0.3) is 0 Å². The maximum Gasteiger partial charge on any atom is 0.110 e. The highest BCUT2D eigenvalue weighted by atomic mass is 16.7. The largest absolute Gasteiger partial charge is 0.297 e. The number of nitrogens with one attached hydrogen (secondary N) is 1. The van der Waals surface area contributed by atoms with Crippen molar-refractivity contribution in [2.45, 2.75) is 19.5 Å². The van der Waals surface area contributed by atoms with Gasteiger partial charge in [-0.25, -0.2) is 0 Å². The van der Waals surface area contributed by atoms with E-state index in [4.69, 9.17) is 4.84 Å². The van der Waals surface area contributed by atoms with Gasteiger partial charge in [0.05, 0.1) is 6.61 Å². The van der Waals surface area contributed by atoms with Gasteiger partial charge in [0.2, 0.25) is 0 Å². The van der Waals surface area contributed by atoms with E-state index in [0.29, 0.717) is 0 Å². The molecular formula is C12H18N2O. The Kier molecular flexibility index (Phi) is 3.72. The molecule has 1 aliphatic rings. The van der Waals surface area contributed by atoms with Gasteiger partial charge in [-0.3, -0.25) is 10.2 Å². The standard InChI is InChI=1S/C12H18N2O/c1-2-10-15-14-9-8-13-12(14)11-6-4-3-5-7-11/h3-7,12-13H,2,8-10H2,1H3. The maximum atomic E-state index is 5.69. The van der Waals surface area contributed by atoms with Crippen LogP contribution in [-0.2, 0) is 4.84 Å². The fourth-order valence-corrected chi connectivity index (χ4v) is 1.81. The number of benzene rings is 1. The summed E-state index contributed by atoms with van der Waals surface area (Å²) in [7, 11) is 0. The highest BCUT2D eigenvalue weighted by molar-refractivity contribution is 5.18. The van der Waals surface area contributed by atoms with Gasteiger partial charge in [0.25, 0.3) is 0 Å². The van der Waals surface area contributed by atoms with E-state index in [1.54, 1.807) is 0 Å². The Morgan fingerprint density at radius 3 is 2.93 bits per heavy atom. The summed E-state index contributed by atoms with van der Waals surface area (Å²) >= 11 is 0. The van der Waals surface area contributed by atoms with Gasteiger partial charge in [-0.15, -0.1) is 0 Å². The third kappa shape index (κ3) is 2.56. The highest BCUT2D eigenvalue weighted by Crippen LogP contribution is 2.21. The molecule has 0 amide bonds. The SMILES string of the molecule is CCCON1CCNC1c1ccccc1. The Balaban J connectivity index is 2.01. The van der Waals surface area contributed by atoms with Crippen LogP contribution in [-0.4, -0.2) is 24.8 Å². The van der Waals surface area contributed by atoms with E-state index in [2.05, 4.69) is 36.5 Å². The molecule has 0 spiro atoms. The summed E-state index contributed by atoms with van der Waals surface area (Å²) in [5, 5.41) is 5.47. The molecule has 0 bridgehead atoms. The van der Waals surface area contributed by atoms with Gasteiger partial charge in [-0.05, 0) is 12.0 Å². The molecule has 2 rings (SSSR count). The van der Waals surface area contributed by atoms with Crippen molar-refractivity contribution in [3.63, 3.8) is 0 Å². The zero-order valence-corrected chi connectivity index (χ0v) is 9.15. The number of rotatable bonds is 4. The fourth-order valence-electron chi connectivity index (χ4n) is 1.81. The second kappa shape index (κ2) is 5.26. The molecule has 0 aliphatic carbocycles. The van der Waals surface area contributed by atoms with E-state index in [9.17, 15) is 0 Å². The molecule has 15 heavy (non-hydrogen) atoms. The molecule has 1 aromatic rings. The second-order valence-electron chi connectivity index (χ2n) is 3.74. The van der Waals surface area contributed by atoms with Crippen LogP contribution in [0.2, 0.25) is 0 Å². The van der Waals surface area contributed by atoms with Gasteiger partial charge in [0.15, 0.2) is 0 Å². The summed E-state index contributed by atoms with van der Waals surface area (Å²) in [4.78, 5) is 5.69. The van der Waals surface area contributed by atoms with Crippen molar-refractivity contribution in [1.82, 2.24) is 10.4 Å². The summed E-state index contributed by atoms with van der Waals surface area (Å²) < 4.78 is 0. The Morgan fingerprint density at radius 2 is 2.20 bits per heavy atom. The van der Waals surface area contributed by atoms with Crippen LogP contribution in [0.4, 0.5) is 0 Å². The van der Waals surface area contributed by atoms with Crippen LogP contribution in [0.3, 0.4) is 0 Å². The first-order chi connectivity index (χ1) is 7.42. The summed E-state index contributed by atoms with van der Waals surface area (Å²) in [6.45, 7) is 4.87. The zero-order valence-electron chi connectivity index (χ0n) is 9.15. The molecule has 1 aromatic carbocycles. The molecule has 1 saturated heterocycles. The number of nitrogens with zero attached hydrogens (tertiary/aromatic N) is 1. The van der Waals surface area contributed by atoms with Crippen molar-refractivity contribution in [3.8, 4) is 0 Å². The highest BCUT2D eigenvalue weighted by Gasteiger charge is 2.25. The Labute approximate surface area is 91.0 Å². The smallest absolute Gasteiger partial charge is 0.110 e. The van der Waals surface area contributed by atoms with E-state index in [1.165, 1.54) is 5.56 Å². The predicted octanol–water partition coefficient (Wildman–Crippen LogP) is 1.93. The first-order valence-electron chi connectivity index (χ1n) is 5.59. The van der Waals surface area contributed by atoms with E-state index in [0.717, 1.165) is 26.1 Å². The quantitative estimate of drug-likeness (QED) is 0.814. The molecule has 1 N–H and O–H groups in total. The van der Waals surface area contributed by atoms with E-state index >= 15 is 0 Å². The van der Waals surface area contributed by atoms with Crippen molar-refractivity contribution in [2.24, 2.45) is 0 Å². The lowest BCUT2D eigenvalue weighted by atomic mass is 10.2. The van der Waals surface area contributed by atoms with Gasteiger partial charge >= 0.3 is 0 Å². The summed E-state index contributed by atoms with van der Waals surface area (Å²) in [6, 6.07) is 10.4. The molecule has 1 unspecified atom stereocenters.